The van der Waals surface area contributed by atoms with E-state index in [0.717, 1.165) is 22.0 Å². The van der Waals surface area contributed by atoms with Crippen LogP contribution < -0.4 is 4.74 Å². The van der Waals surface area contributed by atoms with Crippen molar-refractivity contribution in [1.82, 2.24) is 0 Å². The minimum Gasteiger partial charge on any atom is -0.496 e. The number of ketones is 1. The Kier molecular flexibility index (Phi) is 3.69. The van der Waals surface area contributed by atoms with Gasteiger partial charge in [0.15, 0.2) is 5.78 Å². The number of methoxy groups -OCH3 is 1. The molecule has 0 heterocycles. The van der Waals surface area contributed by atoms with Gasteiger partial charge in [-0.15, -0.1) is 0 Å². The Morgan fingerprint density at radius 3 is 2.57 bits per heavy atom. The summed E-state index contributed by atoms with van der Waals surface area (Å²) in [6.45, 7) is 3.60. The van der Waals surface area contributed by atoms with Gasteiger partial charge in [0.25, 0.3) is 0 Å². The minimum atomic E-state index is 0.0765. The predicted molar refractivity (Wildman–Crippen MR) is 60.1 cm³/mol. The highest BCUT2D eigenvalue weighted by atomic mass is 79.9. The maximum atomic E-state index is 11.3. The van der Waals surface area contributed by atoms with E-state index < -0.39 is 0 Å². The van der Waals surface area contributed by atoms with Gasteiger partial charge in [0.2, 0.25) is 0 Å². The number of halogens is 1. The van der Waals surface area contributed by atoms with Gasteiger partial charge < -0.3 is 4.74 Å². The zero-order valence-corrected chi connectivity index (χ0v) is 10.1. The second kappa shape index (κ2) is 4.60. The molecule has 0 aromatic heterocycles. The van der Waals surface area contributed by atoms with E-state index in [1.165, 1.54) is 0 Å². The molecule has 0 amide bonds. The van der Waals surface area contributed by atoms with Gasteiger partial charge in [-0.3, -0.25) is 4.79 Å². The fourth-order valence-corrected chi connectivity index (χ4v) is 1.92. The quantitative estimate of drug-likeness (QED) is 0.777. The summed E-state index contributed by atoms with van der Waals surface area (Å²) in [5.41, 5.74) is 1.79. The number of hydrogen-bond donors (Lipinski definition) is 0. The van der Waals surface area contributed by atoms with E-state index >= 15 is 0 Å². The van der Waals surface area contributed by atoms with Crippen LogP contribution in [0.15, 0.2) is 16.6 Å². The first-order valence-corrected chi connectivity index (χ1v) is 5.26. The molecule has 76 valence electrons. The van der Waals surface area contributed by atoms with Crippen LogP contribution in [-0.4, -0.2) is 12.9 Å². The third-order valence-electron chi connectivity index (χ3n) is 2.14. The molecule has 2 nitrogen and oxygen atoms in total. The zero-order chi connectivity index (χ0) is 10.7. The summed E-state index contributed by atoms with van der Waals surface area (Å²) < 4.78 is 6.03. The molecule has 0 aliphatic heterocycles. The fraction of sp³-hybridized carbons (Fsp3) is 0.364. The van der Waals surface area contributed by atoms with Crippen molar-refractivity contribution in [2.24, 2.45) is 0 Å². The SMILES string of the molecule is CCc1cc(Br)c(OC)cc1C(C)=O. The minimum absolute atomic E-state index is 0.0765. The van der Waals surface area contributed by atoms with Crippen molar-refractivity contribution in [2.75, 3.05) is 7.11 Å². The van der Waals surface area contributed by atoms with Crippen molar-refractivity contribution in [3.8, 4) is 5.75 Å². The molecule has 0 radical (unpaired) electrons. The number of carbonyl (C=O) groups is 1. The summed E-state index contributed by atoms with van der Waals surface area (Å²) in [5.74, 6) is 0.778. The number of ether oxygens (including phenoxy) is 1. The largest absolute Gasteiger partial charge is 0.496 e. The van der Waals surface area contributed by atoms with Crippen LogP contribution in [0.3, 0.4) is 0 Å². The van der Waals surface area contributed by atoms with Gasteiger partial charge in [0.1, 0.15) is 5.75 Å². The van der Waals surface area contributed by atoms with Crippen LogP contribution in [0.5, 0.6) is 5.75 Å². The highest BCUT2D eigenvalue weighted by Crippen LogP contribution is 2.29. The van der Waals surface area contributed by atoms with Gasteiger partial charge >= 0.3 is 0 Å². The van der Waals surface area contributed by atoms with Crippen molar-refractivity contribution in [3.05, 3.63) is 27.7 Å². The number of rotatable bonds is 3. The van der Waals surface area contributed by atoms with Crippen LogP contribution in [-0.2, 0) is 6.42 Å². The lowest BCUT2D eigenvalue weighted by atomic mass is 10.0. The number of carbonyl (C=O) groups excluding carboxylic acids is 1. The molecule has 0 N–H and O–H groups in total. The van der Waals surface area contributed by atoms with Crippen LogP contribution >= 0.6 is 15.9 Å². The lowest BCUT2D eigenvalue weighted by Gasteiger charge is -2.09. The molecule has 0 aliphatic rings. The Labute approximate surface area is 92.4 Å². The van der Waals surface area contributed by atoms with Gasteiger partial charge in [0.05, 0.1) is 11.6 Å². The highest BCUT2D eigenvalue weighted by molar-refractivity contribution is 9.10. The highest BCUT2D eigenvalue weighted by Gasteiger charge is 2.10. The molecule has 0 saturated carbocycles. The maximum absolute atomic E-state index is 11.3. The molecule has 3 heteroatoms. The van der Waals surface area contributed by atoms with Gasteiger partial charge in [-0.05, 0) is 47.0 Å². The molecule has 0 saturated heterocycles. The molecule has 1 aromatic rings. The molecular formula is C11H13BrO2. The molecule has 0 atom stereocenters. The van der Waals surface area contributed by atoms with Crippen LogP contribution in [0, 0.1) is 0 Å². The zero-order valence-electron chi connectivity index (χ0n) is 8.56. The summed E-state index contributed by atoms with van der Waals surface area (Å²) in [7, 11) is 1.59. The van der Waals surface area contributed by atoms with Crippen molar-refractivity contribution >= 4 is 21.7 Å². The first-order chi connectivity index (χ1) is 6.60. The molecule has 0 fully saturated rings. The Hall–Kier alpha value is -0.830. The molecule has 0 aliphatic carbocycles. The topological polar surface area (TPSA) is 26.3 Å². The molecule has 1 aromatic carbocycles. The van der Waals surface area contributed by atoms with Crippen molar-refractivity contribution in [3.63, 3.8) is 0 Å². The molecule has 0 spiro atoms. The van der Waals surface area contributed by atoms with Crippen molar-refractivity contribution in [1.29, 1.82) is 0 Å². The standard InChI is InChI=1S/C11H13BrO2/c1-4-8-5-10(12)11(14-3)6-9(8)7(2)13/h5-6H,4H2,1-3H3. The number of Topliss-reactive ketones (excluding diaryl/α,β-unsaturated/α-hetero) is 1. The van der Waals surface area contributed by atoms with Crippen molar-refractivity contribution < 1.29 is 9.53 Å². The summed E-state index contributed by atoms with van der Waals surface area (Å²) in [6.07, 6.45) is 0.845. The lowest BCUT2D eigenvalue weighted by Crippen LogP contribution is -2.00. The van der Waals surface area contributed by atoms with Gasteiger partial charge in [-0.25, -0.2) is 0 Å². The fourth-order valence-electron chi connectivity index (χ4n) is 1.37. The lowest BCUT2D eigenvalue weighted by molar-refractivity contribution is 0.101. The van der Waals surface area contributed by atoms with E-state index in [4.69, 9.17) is 4.74 Å². The molecular weight excluding hydrogens is 244 g/mol. The van der Waals surface area contributed by atoms with Crippen LogP contribution in [0.25, 0.3) is 0 Å². The van der Waals surface area contributed by atoms with Gasteiger partial charge in [-0.1, -0.05) is 6.92 Å². The van der Waals surface area contributed by atoms with Crippen molar-refractivity contribution in [2.45, 2.75) is 20.3 Å². The van der Waals surface area contributed by atoms with Crippen LogP contribution in [0.1, 0.15) is 29.8 Å². The van der Waals surface area contributed by atoms with Crippen LogP contribution in [0.4, 0.5) is 0 Å². The Bertz CT molecular complexity index is 359. The molecule has 0 unspecified atom stereocenters. The van der Waals surface area contributed by atoms with E-state index in [9.17, 15) is 4.79 Å². The normalized spacial score (nSPS) is 10.0. The Morgan fingerprint density at radius 1 is 1.50 bits per heavy atom. The molecule has 0 bridgehead atoms. The average Bonchev–Trinajstić information content (AvgIpc) is 2.16. The second-order valence-electron chi connectivity index (χ2n) is 3.05. The van der Waals surface area contributed by atoms with E-state index in [-0.39, 0.29) is 5.78 Å². The first-order valence-electron chi connectivity index (χ1n) is 4.47. The summed E-state index contributed by atoms with van der Waals surface area (Å²) >= 11 is 3.40. The third kappa shape index (κ3) is 2.15. The molecule has 14 heavy (non-hydrogen) atoms. The average molecular weight is 257 g/mol. The number of benzene rings is 1. The second-order valence-corrected chi connectivity index (χ2v) is 3.91. The Morgan fingerprint density at radius 2 is 2.14 bits per heavy atom. The van der Waals surface area contributed by atoms with E-state index in [1.54, 1.807) is 20.1 Å². The number of hydrogen-bond acceptors (Lipinski definition) is 2. The summed E-state index contributed by atoms with van der Waals surface area (Å²) in [5, 5.41) is 0. The van der Waals surface area contributed by atoms with Gasteiger partial charge in [0, 0.05) is 5.56 Å². The summed E-state index contributed by atoms with van der Waals surface area (Å²) in [4.78, 5) is 11.3. The summed E-state index contributed by atoms with van der Waals surface area (Å²) in [6, 6.07) is 3.72. The monoisotopic (exact) mass is 256 g/mol. The van der Waals surface area contributed by atoms with Crippen LogP contribution in [0.2, 0.25) is 0 Å². The van der Waals surface area contributed by atoms with E-state index in [1.807, 2.05) is 13.0 Å². The first kappa shape index (κ1) is 11.2. The number of aryl methyl sites for hydroxylation is 1. The van der Waals surface area contributed by atoms with Gasteiger partial charge in [-0.2, -0.15) is 0 Å². The predicted octanol–water partition coefficient (Wildman–Crippen LogP) is 3.22. The smallest absolute Gasteiger partial charge is 0.160 e. The van der Waals surface area contributed by atoms with E-state index in [0.29, 0.717) is 5.75 Å². The third-order valence-corrected chi connectivity index (χ3v) is 2.76. The Balaban J connectivity index is 3.32. The maximum Gasteiger partial charge on any atom is 0.160 e. The van der Waals surface area contributed by atoms with E-state index in [2.05, 4.69) is 15.9 Å². The molecule has 1 rings (SSSR count).